The van der Waals surface area contributed by atoms with Crippen LogP contribution in [-0.2, 0) is 11.3 Å². The van der Waals surface area contributed by atoms with E-state index in [2.05, 4.69) is 10.1 Å². The zero-order valence-corrected chi connectivity index (χ0v) is 11.0. The number of hydrogen-bond acceptors (Lipinski definition) is 3. The second-order valence-corrected chi connectivity index (χ2v) is 4.48. The van der Waals surface area contributed by atoms with E-state index in [-0.39, 0.29) is 11.7 Å². The Morgan fingerprint density at radius 1 is 1.42 bits per heavy atom. The summed E-state index contributed by atoms with van der Waals surface area (Å²) in [4.78, 5) is 11.7. The van der Waals surface area contributed by atoms with Crippen molar-refractivity contribution in [2.24, 2.45) is 5.73 Å². The van der Waals surface area contributed by atoms with Crippen LogP contribution in [-0.4, -0.2) is 18.1 Å². The number of nitrogens with two attached hydrogens (primary N) is 1. The van der Waals surface area contributed by atoms with Crippen molar-refractivity contribution in [2.45, 2.75) is 39.0 Å². The van der Waals surface area contributed by atoms with Crippen LogP contribution >= 0.6 is 0 Å². The zero-order chi connectivity index (χ0) is 14.5. The number of halogens is 2. The topological polar surface area (TPSA) is 64.4 Å². The van der Waals surface area contributed by atoms with E-state index in [1.54, 1.807) is 19.1 Å². The third-order valence-electron chi connectivity index (χ3n) is 2.85. The van der Waals surface area contributed by atoms with Gasteiger partial charge in [-0.2, -0.15) is 8.78 Å². The highest BCUT2D eigenvalue weighted by molar-refractivity contribution is 5.85. The number of hydrogen-bond donors (Lipinski definition) is 2. The maximum Gasteiger partial charge on any atom is 0.387 e. The Kier molecular flexibility index (Phi) is 5.23. The van der Waals surface area contributed by atoms with Crippen molar-refractivity contribution < 1.29 is 18.3 Å². The minimum atomic E-state index is -2.84. The minimum Gasteiger partial charge on any atom is -0.435 e. The van der Waals surface area contributed by atoms with Gasteiger partial charge in [-0.25, -0.2) is 0 Å². The molecule has 0 aromatic heterocycles. The first-order valence-corrected chi connectivity index (χ1v) is 5.96. The van der Waals surface area contributed by atoms with Crippen molar-refractivity contribution in [1.82, 2.24) is 5.32 Å². The molecule has 0 spiro atoms. The molecule has 19 heavy (non-hydrogen) atoms. The van der Waals surface area contributed by atoms with E-state index < -0.39 is 12.2 Å². The van der Waals surface area contributed by atoms with E-state index >= 15 is 0 Å². The van der Waals surface area contributed by atoms with Gasteiger partial charge in [0.25, 0.3) is 0 Å². The quantitative estimate of drug-likeness (QED) is 0.832. The van der Waals surface area contributed by atoms with Crippen LogP contribution in [0.4, 0.5) is 8.78 Å². The van der Waals surface area contributed by atoms with Crippen LogP contribution in [0.5, 0.6) is 5.75 Å². The molecule has 1 atom stereocenters. The maximum absolute atomic E-state index is 12.0. The average Bonchev–Trinajstić information content (AvgIpc) is 2.36. The van der Waals surface area contributed by atoms with Gasteiger partial charge >= 0.3 is 6.61 Å². The van der Waals surface area contributed by atoms with Gasteiger partial charge in [-0.3, -0.25) is 4.79 Å². The van der Waals surface area contributed by atoms with E-state index in [9.17, 15) is 13.6 Å². The zero-order valence-electron chi connectivity index (χ0n) is 11.0. The third-order valence-corrected chi connectivity index (χ3v) is 2.85. The molecular formula is C13H18F2N2O2. The van der Waals surface area contributed by atoms with Crippen molar-refractivity contribution in [3.8, 4) is 5.75 Å². The molecule has 0 radical (unpaired) electrons. The van der Waals surface area contributed by atoms with Crippen molar-refractivity contribution in [2.75, 3.05) is 0 Å². The van der Waals surface area contributed by atoms with Crippen LogP contribution in [0.25, 0.3) is 0 Å². The predicted molar refractivity (Wildman–Crippen MR) is 67.8 cm³/mol. The Labute approximate surface area is 110 Å². The van der Waals surface area contributed by atoms with Crippen molar-refractivity contribution in [3.05, 3.63) is 29.8 Å². The number of rotatable bonds is 6. The first-order chi connectivity index (χ1) is 8.85. The molecule has 3 N–H and O–H groups in total. The van der Waals surface area contributed by atoms with E-state index in [1.165, 1.54) is 12.1 Å². The number of nitrogens with one attached hydrogen (secondary N) is 1. The van der Waals surface area contributed by atoms with E-state index in [1.807, 2.05) is 6.92 Å². The van der Waals surface area contributed by atoms with Gasteiger partial charge in [-0.05, 0) is 31.0 Å². The molecule has 1 amide bonds. The van der Waals surface area contributed by atoms with E-state index in [0.717, 1.165) is 5.56 Å². The fourth-order valence-electron chi connectivity index (χ4n) is 1.33. The van der Waals surface area contributed by atoms with Gasteiger partial charge in [0.1, 0.15) is 5.75 Å². The lowest BCUT2D eigenvalue weighted by Crippen LogP contribution is -2.50. The first-order valence-electron chi connectivity index (χ1n) is 5.96. The molecule has 0 aliphatic carbocycles. The summed E-state index contributed by atoms with van der Waals surface area (Å²) in [5, 5.41) is 2.70. The maximum atomic E-state index is 12.0. The second-order valence-electron chi connectivity index (χ2n) is 4.48. The fraction of sp³-hybridized carbons (Fsp3) is 0.462. The Hall–Kier alpha value is -1.69. The van der Waals surface area contributed by atoms with Gasteiger partial charge in [0.05, 0.1) is 5.54 Å². The molecular weight excluding hydrogens is 254 g/mol. The van der Waals surface area contributed by atoms with Gasteiger partial charge in [-0.15, -0.1) is 0 Å². The number of carbonyl (C=O) groups is 1. The van der Waals surface area contributed by atoms with Crippen LogP contribution < -0.4 is 15.8 Å². The molecule has 0 fully saturated rings. The van der Waals surface area contributed by atoms with E-state index in [0.29, 0.717) is 13.0 Å². The van der Waals surface area contributed by atoms with Crippen LogP contribution in [0.3, 0.4) is 0 Å². The first kappa shape index (κ1) is 15.4. The monoisotopic (exact) mass is 272 g/mol. The molecule has 106 valence electrons. The van der Waals surface area contributed by atoms with Gasteiger partial charge < -0.3 is 15.8 Å². The SMILES string of the molecule is CCC(C)(N)C(=O)NCc1ccc(OC(F)F)cc1. The summed E-state index contributed by atoms with van der Waals surface area (Å²) in [6, 6.07) is 6.07. The van der Waals surface area contributed by atoms with Crippen molar-refractivity contribution >= 4 is 5.91 Å². The summed E-state index contributed by atoms with van der Waals surface area (Å²) in [5.74, 6) is -0.162. The molecule has 6 heteroatoms. The van der Waals surface area contributed by atoms with Gasteiger partial charge in [0.2, 0.25) is 5.91 Å². The van der Waals surface area contributed by atoms with Gasteiger partial charge in [0, 0.05) is 6.54 Å². The standard InChI is InChI=1S/C13H18F2N2O2/c1-3-13(2,16)11(18)17-8-9-4-6-10(7-5-9)19-12(14)15/h4-7,12H,3,8,16H2,1-2H3,(H,17,18). The molecule has 0 aliphatic heterocycles. The largest absolute Gasteiger partial charge is 0.435 e. The van der Waals surface area contributed by atoms with Crippen molar-refractivity contribution in [3.63, 3.8) is 0 Å². The third kappa shape index (κ3) is 4.82. The summed E-state index contributed by atoms with van der Waals surface area (Å²) >= 11 is 0. The Morgan fingerprint density at radius 2 is 2.00 bits per heavy atom. The molecule has 1 aromatic rings. The lowest BCUT2D eigenvalue weighted by molar-refractivity contribution is -0.126. The van der Waals surface area contributed by atoms with Crippen LogP contribution in [0.2, 0.25) is 0 Å². The van der Waals surface area contributed by atoms with E-state index in [4.69, 9.17) is 5.73 Å². The molecule has 0 saturated carbocycles. The number of amides is 1. The molecule has 1 unspecified atom stereocenters. The fourth-order valence-corrected chi connectivity index (χ4v) is 1.33. The highest BCUT2D eigenvalue weighted by Gasteiger charge is 2.25. The van der Waals surface area contributed by atoms with Gasteiger partial charge in [0.15, 0.2) is 0 Å². The molecule has 4 nitrogen and oxygen atoms in total. The summed E-state index contributed by atoms with van der Waals surface area (Å²) in [6.45, 7) is 0.937. The normalized spacial score (nSPS) is 14.0. The van der Waals surface area contributed by atoms with Crippen LogP contribution in [0.1, 0.15) is 25.8 Å². The molecule has 0 heterocycles. The second kappa shape index (κ2) is 6.47. The smallest absolute Gasteiger partial charge is 0.387 e. The lowest BCUT2D eigenvalue weighted by Gasteiger charge is -2.21. The summed E-state index contributed by atoms with van der Waals surface area (Å²) in [7, 11) is 0. The summed E-state index contributed by atoms with van der Waals surface area (Å²) in [5.41, 5.74) is 5.66. The Morgan fingerprint density at radius 3 is 2.47 bits per heavy atom. The number of benzene rings is 1. The molecule has 0 saturated heterocycles. The average molecular weight is 272 g/mol. The summed E-state index contributed by atoms with van der Waals surface area (Å²) < 4.78 is 28.1. The highest BCUT2D eigenvalue weighted by Crippen LogP contribution is 2.15. The Balaban J connectivity index is 2.53. The predicted octanol–water partition coefficient (Wildman–Crippen LogP) is 2.03. The van der Waals surface area contributed by atoms with Crippen molar-refractivity contribution in [1.29, 1.82) is 0 Å². The number of ether oxygens (including phenoxy) is 1. The summed E-state index contributed by atoms with van der Waals surface area (Å²) in [6.07, 6.45) is 0.528. The molecule has 0 bridgehead atoms. The Bertz CT molecular complexity index is 419. The minimum absolute atomic E-state index is 0.0855. The lowest BCUT2D eigenvalue weighted by atomic mass is 9.99. The molecule has 1 aromatic carbocycles. The molecule has 0 aliphatic rings. The van der Waals surface area contributed by atoms with Crippen LogP contribution in [0, 0.1) is 0 Å². The molecule has 1 rings (SSSR count). The highest BCUT2D eigenvalue weighted by atomic mass is 19.3. The van der Waals surface area contributed by atoms with Crippen LogP contribution in [0.15, 0.2) is 24.3 Å². The number of alkyl halides is 2. The number of carbonyl (C=O) groups excluding carboxylic acids is 1. The van der Waals surface area contributed by atoms with Gasteiger partial charge in [-0.1, -0.05) is 19.1 Å².